The summed E-state index contributed by atoms with van der Waals surface area (Å²) >= 11 is 6.32. The average Bonchev–Trinajstić information content (AvgIpc) is 3.01. The molecular weight excluding hydrogens is 489 g/mol. The largest absolute Gasteiger partial charge is 0.478 e. The molecule has 14 heteroatoms. The quantitative estimate of drug-likeness (QED) is 0.549. The number of hydrogen-bond acceptors (Lipinski definition) is 7. The number of hydrogen-bond donors (Lipinski definition) is 1. The highest BCUT2D eigenvalue weighted by molar-refractivity contribution is 7.93. The topological polar surface area (TPSA) is 112 Å². The van der Waals surface area contributed by atoms with Crippen molar-refractivity contribution in [1.29, 1.82) is 0 Å². The minimum atomic E-state index is -4.53. The number of rotatable bonds is 6. The lowest BCUT2D eigenvalue weighted by Crippen LogP contribution is -2.63. The second-order valence-corrected chi connectivity index (χ2v) is 10.2. The van der Waals surface area contributed by atoms with E-state index in [1.54, 1.807) is 6.92 Å². The third kappa shape index (κ3) is 5.14. The van der Waals surface area contributed by atoms with Crippen LogP contribution in [-0.4, -0.2) is 58.8 Å². The van der Waals surface area contributed by atoms with Crippen LogP contribution in [0.15, 0.2) is 36.7 Å². The van der Waals surface area contributed by atoms with Crippen LogP contribution < -0.4 is 14.8 Å². The lowest BCUT2D eigenvalue weighted by atomic mass is 10.1. The summed E-state index contributed by atoms with van der Waals surface area (Å²) < 4.78 is 72.0. The van der Waals surface area contributed by atoms with Crippen molar-refractivity contribution in [3.63, 3.8) is 0 Å². The van der Waals surface area contributed by atoms with E-state index in [2.05, 4.69) is 15.4 Å². The number of ether oxygens (including phenoxy) is 2. The predicted molar refractivity (Wildman–Crippen MR) is 111 cm³/mol. The number of carbonyl (C=O) groups is 1. The number of nitrogens with zero attached hydrogens (tertiary/aromatic N) is 3. The molecule has 0 bridgehead atoms. The van der Waals surface area contributed by atoms with Gasteiger partial charge in [0.05, 0.1) is 27.6 Å². The van der Waals surface area contributed by atoms with Gasteiger partial charge in [-0.05, 0) is 25.1 Å². The Balaban J connectivity index is 1.55. The minimum Gasteiger partial charge on any atom is -0.478 e. The highest BCUT2D eigenvalue weighted by atomic mass is 35.5. The van der Waals surface area contributed by atoms with Crippen LogP contribution in [0.3, 0.4) is 0 Å². The summed E-state index contributed by atoms with van der Waals surface area (Å²) in [6, 6.07) is 5.54. The monoisotopic (exact) mass is 504 g/mol. The molecule has 1 N–H and O–H groups in total. The maximum absolute atomic E-state index is 12.6. The molecule has 0 spiro atoms. The molecule has 3 aromatic heterocycles. The van der Waals surface area contributed by atoms with E-state index in [-0.39, 0.29) is 45.1 Å². The summed E-state index contributed by atoms with van der Waals surface area (Å²) in [4.78, 5) is 16.5. The van der Waals surface area contributed by atoms with Gasteiger partial charge in [-0.1, -0.05) is 11.6 Å². The van der Waals surface area contributed by atoms with Crippen LogP contribution in [0.4, 0.5) is 13.2 Å². The number of halogens is 4. The molecule has 33 heavy (non-hydrogen) atoms. The summed E-state index contributed by atoms with van der Waals surface area (Å²) in [6.07, 6.45) is -1.78. The van der Waals surface area contributed by atoms with Crippen molar-refractivity contribution >= 4 is 32.9 Å². The number of fused-ring (bicyclic) bond motifs is 1. The van der Waals surface area contributed by atoms with E-state index >= 15 is 0 Å². The van der Waals surface area contributed by atoms with Gasteiger partial charge in [0.1, 0.15) is 5.75 Å². The van der Waals surface area contributed by atoms with Gasteiger partial charge in [0, 0.05) is 18.5 Å². The van der Waals surface area contributed by atoms with Crippen molar-refractivity contribution in [3.05, 3.63) is 47.4 Å². The zero-order valence-corrected chi connectivity index (χ0v) is 18.5. The standard InChI is InChI=1S/C19H16ClF3N4O5S/c1-18(9-33(29,30)10-18)25-16(28)15-14(20)12-7-11(4-6-27(12)26-15)32-17-13(3-2-5-24-17)31-8-19(21,22)23/h2-7H,8-10H2,1H3,(H,25,28). The van der Waals surface area contributed by atoms with Crippen LogP contribution in [0.5, 0.6) is 17.4 Å². The Morgan fingerprint density at radius 3 is 2.73 bits per heavy atom. The molecule has 0 unspecified atom stereocenters. The second kappa shape index (κ2) is 8.06. The number of carbonyl (C=O) groups excluding carboxylic acids is 1. The smallest absolute Gasteiger partial charge is 0.422 e. The maximum atomic E-state index is 12.6. The van der Waals surface area contributed by atoms with Crippen molar-refractivity contribution in [2.24, 2.45) is 0 Å². The van der Waals surface area contributed by atoms with Crippen LogP contribution in [-0.2, 0) is 9.84 Å². The van der Waals surface area contributed by atoms with Gasteiger partial charge in [-0.15, -0.1) is 0 Å². The van der Waals surface area contributed by atoms with E-state index in [0.717, 1.165) is 0 Å². The Labute approximate surface area is 190 Å². The molecule has 0 radical (unpaired) electrons. The van der Waals surface area contributed by atoms with E-state index < -0.39 is 34.1 Å². The molecule has 0 aromatic carbocycles. The second-order valence-electron chi connectivity index (χ2n) is 7.71. The van der Waals surface area contributed by atoms with Gasteiger partial charge in [0.2, 0.25) is 0 Å². The van der Waals surface area contributed by atoms with Crippen molar-refractivity contribution in [2.75, 3.05) is 18.1 Å². The van der Waals surface area contributed by atoms with Gasteiger partial charge in [-0.3, -0.25) is 4.79 Å². The number of nitrogens with one attached hydrogen (secondary N) is 1. The third-order valence-electron chi connectivity index (χ3n) is 4.60. The molecule has 1 aliphatic heterocycles. The van der Waals surface area contributed by atoms with Gasteiger partial charge < -0.3 is 14.8 Å². The molecule has 0 atom stereocenters. The van der Waals surface area contributed by atoms with E-state index in [9.17, 15) is 26.4 Å². The fraction of sp³-hybridized carbons (Fsp3) is 0.316. The molecule has 1 fully saturated rings. The Bertz CT molecular complexity index is 1330. The van der Waals surface area contributed by atoms with Crippen LogP contribution in [0, 0.1) is 0 Å². The van der Waals surface area contributed by atoms with Crippen molar-refractivity contribution < 1.29 is 35.9 Å². The first-order valence-corrected chi connectivity index (χ1v) is 11.6. The summed E-state index contributed by atoms with van der Waals surface area (Å²) in [5.41, 5.74) is -0.750. The molecule has 176 valence electrons. The minimum absolute atomic E-state index is 0.0155. The maximum Gasteiger partial charge on any atom is 0.422 e. The van der Waals surface area contributed by atoms with Gasteiger partial charge in [0.25, 0.3) is 11.8 Å². The normalized spacial score (nSPS) is 16.8. The molecule has 1 amide bonds. The Kier molecular flexibility index (Phi) is 5.65. The van der Waals surface area contributed by atoms with E-state index in [1.165, 1.54) is 41.2 Å². The van der Waals surface area contributed by atoms with Crippen molar-refractivity contribution in [2.45, 2.75) is 18.6 Å². The first kappa shape index (κ1) is 23.1. The Morgan fingerprint density at radius 2 is 2.06 bits per heavy atom. The molecule has 1 aliphatic rings. The molecule has 1 saturated heterocycles. The average molecular weight is 505 g/mol. The Morgan fingerprint density at radius 1 is 1.33 bits per heavy atom. The molecule has 3 aromatic rings. The van der Waals surface area contributed by atoms with Gasteiger partial charge in [-0.2, -0.15) is 18.3 Å². The first-order chi connectivity index (χ1) is 15.3. The summed E-state index contributed by atoms with van der Waals surface area (Å²) in [5.74, 6) is -1.26. The number of pyridine rings is 2. The van der Waals surface area contributed by atoms with Crippen LogP contribution in [0.25, 0.3) is 5.52 Å². The SMILES string of the molecule is CC1(NC(=O)c2nn3ccc(Oc4ncccc4OCC(F)(F)F)cc3c2Cl)CS(=O)(=O)C1. The van der Waals surface area contributed by atoms with Gasteiger partial charge in [-0.25, -0.2) is 17.9 Å². The number of amides is 1. The zero-order valence-electron chi connectivity index (χ0n) is 16.9. The zero-order chi connectivity index (χ0) is 24.0. The van der Waals surface area contributed by atoms with Crippen LogP contribution >= 0.6 is 11.6 Å². The van der Waals surface area contributed by atoms with Crippen molar-refractivity contribution in [1.82, 2.24) is 19.9 Å². The molecular formula is C19H16ClF3N4O5S. The van der Waals surface area contributed by atoms with Gasteiger partial charge >= 0.3 is 6.18 Å². The first-order valence-electron chi connectivity index (χ1n) is 9.37. The lowest BCUT2D eigenvalue weighted by molar-refractivity contribution is -0.153. The van der Waals surface area contributed by atoms with Crippen LogP contribution in [0.2, 0.25) is 5.02 Å². The molecule has 4 heterocycles. The predicted octanol–water partition coefficient (Wildman–Crippen LogP) is 3.03. The van der Waals surface area contributed by atoms with E-state index in [4.69, 9.17) is 21.1 Å². The van der Waals surface area contributed by atoms with E-state index in [0.29, 0.717) is 0 Å². The molecule has 0 aliphatic carbocycles. The molecule has 9 nitrogen and oxygen atoms in total. The summed E-state index contributed by atoms with van der Waals surface area (Å²) in [7, 11) is -3.17. The highest BCUT2D eigenvalue weighted by Gasteiger charge is 2.46. The third-order valence-corrected chi connectivity index (χ3v) is 7.12. The summed E-state index contributed by atoms with van der Waals surface area (Å²) in [5, 5.41) is 6.73. The fourth-order valence-corrected chi connectivity index (χ4v) is 5.64. The number of sulfone groups is 1. The number of alkyl halides is 3. The van der Waals surface area contributed by atoms with E-state index in [1.807, 2.05) is 0 Å². The number of aromatic nitrogens is 3. The molecule has 0 saturated carbocycles. The lowest BCUT2D eigenvalue weighted by Gasteiger charge is -2.38. The highest BCUT2D eigenvalue weighted by Crippen LogP contribution is 2.33. The van der Waals surface area contributed by atoms with Gasteiger partial charge in [0.15, 0.2) is 27.9 Å². The fourth-order valence-electron chi connectivity index (χ4n) is 3.37. The summed E-state index contributed by atoms with van der Waals surface area (Å²) in [6.45, 7) is 0.0914. The Hall–Kier alpha value is -3.06. The van der Waals surface area contributed by atoms with Crippen molar-refractivity contribution in [3.8, 4) is 17.4 Å². The van der Waals surface area contributed by atoms with Crippen LogP contribution in [0.1, 0.15) is 17.4 Å². The molecule has 4 rings (SSSR count).